The predicted octanol–water partition coefficient (Wildman–Crippen LogP) is 8.81. The van der Waals surface area contributed by atoms with Gasteiger partial charge >= 0.3 is 0 Å². The summed E-state index contributed by atoms with van der Waals surface area (Å²) in [6, 6.07) is 17.4. The Kier molecular flexibility index (Phi) is 12.5. The lowest BCUT2D eigenvalue weighted by Gasteiger charge is -1.96. The second-order valence-electron chi connectivity index (χ2n) is 5.46. The molecule has 0 unspecified atom stereocenters. The molecule has 0 fully saturated rings. The fourth-order valence-corrected chi connectivity index (χ4v) is 3.11. The minimum absolute atomic E-state index is 0.275. The van der Waals surface area contributed by atoms with Gasteiger partial charge in [0.2, 0.25) is 0 Å². The van der Waals surface area contributed by atoms with E-state index in [0.717, 1.165) is 0 Å². The Hall–Kier alpha value is -1.30. The van der Waals surface area contributed by atoms with Crippen molar-refractivity contribution >= 4 is 96.9 Å². The highest BCUT2D eigenvalue weighted by Gasteiger charge is 2.06. The van der Waals surface area contributed by atoms with Crippen LogP contribution in [0, 0.1) is 0 Å². The third-order valence-electron chi connectivity index (χ3n) is 3.27. The van der Waals surface area contributed by atoms with Crippen LogP contribution >= 0.6 is 81.2 Å². The third kappa shape index (κ3) is 10.7. The fourth-order valence-electron chi connectivity index (χ4n) is 1.84. The number of hydrogen-bond donors (Lipinski definition) is 0. The van der Waals surface area contributed by atoms with Gasteiger partial charge in [0.15, 0.2) is 0 Å². The molecule has 0 aliphatic rings. The van der Waals surface area contributed by atoms with Crippen molar-refractivity contribution in [1.82, 2.24) is 0 Å². The minimum Gasteiger partial charge on any atom is -0.276 e. The van der Waals surface area contributed by atoms with E-state index in [4.69, 9.17) is 81.2 Å². The van der Waals surface area contributed by atoms with Crippen LogP contribution in [-0.2, 0) is 0 Å². The van der Waals surface area contributed by atoms with Crippen molar-refractivity contribution in [2.75, 3.05) is 0 Å². The van der Waals surface area contributed by atoms with Gasteiger partial charge in [-0.1, -0.05) is 52.5 Å². The number of halogens is 7. The van der Waals surface area contributed by atoms with E-state index in [0.29, 0.717) is 26.2 Å². The van der Waals surface area contributed by atoms with Crippen molar-refractivity contribution in [3.63, 3.8) is 0 Å². The fraction of sp³-hybridized carbons (Fsp3) is 0. The van der Waals surface area contributed by atoms with Crippen LogP contribution < -0.4 is 0 Å². The molecule has 0 spiro atoms. The van der Waals surface area contributed by atoms with Gasteiger partial charge < -0.3 is 0 Å². The topological polar surface area (TPSA) is 51.2 Å². The maximum absolute atomic E-state index is 10.6. The van der Waals surface area contributed by atoms with Crippen molar-refractivity contribution in [2.45, 2.75) is 0 Å². The molecule has 0 radical (unpaired) electrons. The van der Waals surface area contributed by atoms with Crippen LogP contribution in [0.25, 0.3) is 0 Å². The zero-order valence-corrected chi connectivity index (χ0v) is 20.5. The van der Waals surface area contributed by atoms with Gasteiger partial charge in [-0.2, -0.15) is 0 Å². The van der Waals surface area contributed by atoms with Crippen LogP contribution in [0.15, 0.2) is 66.7 Å². The molecule has 0 saturated carbocycles. The quantitative estimate of drug-likeness (QED) is 0.302. The van der Waals surface area contributed by atoms with Crippen molar-refractivity contribution < 1.29 is 14.4 Å². The average molecular weight is 559 g/mol. The van der Waals surface area contributed by atoms with Crippen molar-refractivity contribution in [2.24, 2.45) is 0 Å². The van der Waals surface area contributed by atoms with Gasteiger partial charge in [0.25, 0.3) is 15.7 Å². The van der Waals surface area contributed by atoms with Crippen LogP contribution in [0.3, 0.4) is 0 Å². The maximum Gasteiger partial charge on any atom is 0.253 e. The highest BCUT2D eigenvalue weighted by atomic mass is 35.5. The van der Waals surface area contributed by atoms with Crippen LogP contribution in [0.2, 0.25) is 20.1 Å². The molecule has 3 nitrogen and oxygen atoms in total. The summed E-state index contributed by atoms with van der Waals surface area (Å²) in [7, 11) is 0. The molecule has 0 N–H and O–H groups in total. The molecule has 0 heterocycles. The van der Waals surface area contributed by atoms with E-state index < -0.39 is 15.7 Å². The zero-order chi connectivity index (χ0) is 23.6. The molecule has 0 aromatic heterocycles. The van der Waals surface area contributed by atoms with E-state index in [9.17, 15) is 14.4 Å². The summed E-state index contributed by atoms with van der Waals surface area (Å²) in [5, 5.41) is 0.355. The van der Waals surface area contributed by atoms with E-state index in [2.05, 4.69) is 0 Å². The van der Waals surface area contributed by atoms with E-state index in [1.807, 2.05) is 0 Å². The Morgan fingerprint density at radius 1 is 0.516 bits per heavy atom. The van der Waals surface area contributed by atoms with Gasteiger partial charge in [-0.05, 0) is 95.5 Å². The minimum atomic E-state index is -0.577. The van der Waals surface area contributed by atoms with Crippen molar-refractivity contribution in [3.8, 4) is 0 Å². The largest absolute Gasteiger partial charge is 0.276 e. The van der Waals surface area contributed by atoms with Gasteiger partial charge in [-0.15, -0.1) is 0 Å². The van der Waals surface area contributed by atoms with Gasteiger partial charge in [0.05, 0.1) is 10.6 Å². The number of hydrogen-bond acceptors (Lipinski definition) is 3. The third-order valence-corrected chi connectivity index (χ3v) is 4.94. The summed E-state index contributed by atoms with van der Waals surface area (Å²) in [6.07, 6.45) is 0. The van der Waals surface area contributed by atoms with Crippen LogP contribution in [0.5, 0.6) is 0 Å². The van der Waals surface area contributed by atoms with E-state index in [1.54, 1.807) is 48.5 Å². The Morgan fingerprint density at radius 3 is 1.45 bits per heavy atom. The Bertz CT molecular complexity index is 1070. The first-order valence-electron chi connectivity index (χ1n) is 8.07. The molecular weight excluding hydrogens is 548 g/mol. The van der Waals surface area contributed by atoms with Crippen molar-refractivity contribution in [3.05, 3.63) is 104 Å². The Morgan fingerprint density at radius 2 is 1.03 bits per heavy atom. The number of carbonyl (C=O) groups is 3. The monoisotopic (exact) mass is 556 g/mol. The summed E-state index contributed by atoms with van der Waals surface area (Å²) < 4.78 is 0. The summed E-state index contributed by atoms with van der Waals surface area (Å²) in [4.78, 5) is 31.6. The first-order chi connectivity index (χ1) is 14.5. The Balaban J connectivity index is 0.000000233. The molecule has 0 aliphatic carbocycles. The van der Waals surface area contributed by atoms with Gasteiger partial charge in [0.1, 0.15) is 0 Å². The predicted molar refractivity (Wildman–Crippen MR) is 130 cm³/mol. The van der Waals surface area contributed by atoms with E-state index >= 15 is 0 Å². The second kappa shape index (κ2) is 14.0. The molecule has 3 aromatic rings. The summed E-state index contributed by atoms with van der Waals surface area (Å²) in [6.45, 7) is 0. The first-order valence-corrected chi connectivity index (χ1v) is 10.7. The van der Waals surface area contributed by atoms with Crippen LogP contribution in [0.1, 0.15) is 31.1 Å². The SMILES string of the molecule is O=C(Cl)c1ccc(Cl)cc1.O=C(Cl)c1ccc(Cl)cc1Cl.O=C(Cl)c1cccc(Cl)c1. The first kappa shape index (κ1) is 27.7. The van der Waals surface area contributed by atoms with E-state index in [1.165, 1.54) is 18.2 Å². The molecule has 0 aliphatic heterocycles. The van der Waals surface area contributed by atoms with Crippen LogP contribution in [-0.4, -0.2) is 15.7 Å². The molecule has 0 amide bonds. The molecule has 10 heteroatoms. The number of rotatable bonds is 3. The van der Waals surface area contributed by atoms with Crippen LogP contribution in [0.4, 0.5) is 0 Å². The molecule has 3 aromatic carbocycles. The summed E-state index contributed by atoms with van der Waals surface area (Å²) >= 11 is 37.9. The standard InChI is InChI=1S/C7H3Cl3O.2C7H4Cl2O/c8-4-1-2-5(7(10)11)6(9)3-4;8-6-3-1-5(2-4-6)7(9)10;8-6-3-1-2-5(4-6)7(9)10/h1-3H;2*1-4H. The highest BCUT2D eigenvalue weighted by Crippen LogP contribution is 2.22. The van der Waals surface area contributed by atoms with Crippen molar-refractivity contribution in [1.29, 1.82) is 0 Å². The molecule has 162 valence electrons. The smallest absolute Gasteiger partial charge is 0.253 e. The molecule has 0 saturated heterocycles. The maximum atomic E-state index is 10.6. The molecular formula is C21H11Cl7O3. The van der Waals surface area contributed by atoms with Gasteiger partial charge in [-0.3, -0.25) is 14.4 Å². The molecule has 0 bridgehead atoms. The molecule has 31 heavy (non-hydrogen) atoms. The lowest BCUT2D eigenvalue weighted by atomic mass is 10.2. The summed E-state index contributed by atoms with van der Waals surface area (Å²) in [5.41, 5.74) is 1.16. The Labute approximate surface area is 213 Å². The van der Waals surface area contributed by atoms with Gasteiger partial charge in [0, 0.05) is 26.2 Å². The van der Waals surface area contributed by atoms with Gasteiger partial charge in [-0.25, -0.2) is 0 Å². The molecule has 3 rings (SSSR count). The molecule has 0 atom stereocenters. The average Bonchev–Trinajstić information content (AvgIpc) is 2.69. The zero-order valence-electron chi connectivity index (χ0n) is 15.2. The number of benzene rings is 3. The van der Waals surface area contributed by atoms with E-state index in [-0.39, 0.29) is 10.6 Å². The summed E-state index contributed by atoms with van der Waals surface area (Å²) in [5.74, 6) is 0. The number of carbonyl (C=O) groups excluding carboxylic acids is 3. The normalized spacial score (nSPS) is 9.52. The second-order valence-corrected chi connectivity index (χ2v) is 8.21. The lowest BCUT2D eigenvalue weighted by Crippen LogP contribution is -1.88. The highest BCUT2D eigenvalue weighted by molar-refractivity contribution is 6.69. The lowest BCUT2D eigenvalue weighted by molar-refractivity contribution is 0.107.